The molecule has 2 unspecified atom stereocenters. The van der Waals surface area contributed by atoms with Crippen molar-refractivity contribution in [3.63, 3.8) is 0 Å². The first-order valence-corrected chi connectivity index (χ1v) is 6.78. The van der Waals surface area contributed by atoms with Crippen molar-refractivity contribution in [3.05, 3.63) is 29.8 Å². The van der Waals surface area contributed by atoms with Crippen molar-refractivity contribution in [1.82, 2.24) is 4.90 Å². The Hall–Kier alpha value is -1.88. The van der Waals surface area contributed by atoms with Crippen molar-refractivity contribution < 1.29 is 19.4 Å². The van der Waals surface area contributed by atoms with Crippen molar-refractivity contribution in [2.75, 3.05) is 13.2 Å². The lowest BCUT2D eigenvalue weighted by molar-refractivity contribution is -0.140. The van der Waals surface area contributed by atoms with E-state index < -0.39 is 6.10 Å². The predicted molar refractivity (Wildman–Crippen MR) is 73.1 cm³/mol. The van der Waals surface area contributed by atoms with Gasteiger partial charge in [0.2, 0.25) is 11.8 Å². The Morgan fingerprint density at radius 1 is 1.40 bits per heavy atom. The first-order valence-electron chi connectivity index (χ1n) is 6.78. The maximum absolute atomic E-state index is 11.9. The summed E-state index contributed by atoms with van der Waals surface area (Å²) in [5.41, 5.74) is 0.592. The van der Waals surface area contributed by atoms with E-state index in [0.29, 0.717) is 17.9 Å². The summed E-state index contributed by atoms with van der Waals surface area (Å²) in [4.78, 5) is 24.7. The molecule has 1 N–H and O–H groups in total. The lowest BCUT2D eigenvalue weighted by atomic mass is 10.1. The molecule has 0 aliphatic carbocycles. The SMILES string of the molecule is CCOc1ccccc1C(O)CN1C(=O)CC(C)C1=O. The third-order valence-electron chi connectivity index (χ3n) is 3.40. The molecule has 2 rings (SSSR count). The Bertz CT molecular complexity index is 514. The maximum Gasteiger partial charge on any atom is 0.232 e. The summed E-state index contributed by atoms with van der Waals surface area (Å²) in [5, 5.41) is 10.3. The van der Waals surface area contributed by atoms with E-state index in [9.17, 15) is 14.7 Å². The zero-order chi connectivity index (χ0) is 14.7. The number of nitrogens with zero attached hydrogens (tertiary/aromatic N) is 1. The van der Waals surface area contributed by atoms with Crippen molar-refractivity contribution >= 4 is 11.8 Å². The summed E-state index contributed by atoms with van der Waals surface area (Å²) in [7, 11) is 0. The molecule has 5 heteroatoms. The van der Waals surface area contributed by atoms with Crippen LogP contribution in [0.5, 0.6) is 5.75 Å². The van der Waals surface area contributed by atoms with E-state index in [1.807, 2.05) is 13.0 Å². The average Bonchev–Trinajstić information content (AvgIpc) is 2.66. The Kier molecular flexibility index (Phi) is 4.39. The summed E-state index contributed by atoms with van der Waals surface area (Å²) < 4.78 is 5.45. The zero-order valence-corrected chi connectivity index (χ0v) is 11.7. The summed E-state index contributed by atoms with van der Waals surface area (Å²) in [5.74, 6) is -0.162. The van der Waals surface area contributed by atoms with Gasteiger partial charge in [-0.2, -0.15) is 0 Å². The van der Waals surface area contributed by atoms with Crippen LogP contribution >= 0.6 is 0 Å². The number of carbonyl (C=O) groups excluding carboxylic acids is 2. The lowest BCUT2D eigenvalue weighted by Crippen LogP contribution is -2.34. The second kappa shape index (κ2) is 6.05. The van der Waals surface area contributed by atoms with Crippen LogP contribution < -0.4 is 4.74 Å². The molecule has 20 heavy (non-hydrogen) atoms. The molecule has 1 saturated heterocycles. The van der Waals surface area contributed by atoms with Gasteiger partial charge in [0.15, 0.2) is 0 Å². The monoisotopic (exact) mass is 277 g/mol. The molecule has 1 aromatic carbocycles. The average molecular weight is 277 g/mol. The van der Waals surface area contributed by atoms with E-state index in [1.165, 1.54) is 0 Å². The summed E-state index contributed by atoms with van der Waals surface area (Å²) >= 11 is 0. The van der Waals surface area contributed by atoms with Crippen molar-refractivity contribution in [1.29, 1.82) is 0 Å². The number of aliphatic hydroxyl groups is 1. The van der Waals surface area contributed by atoms with Crippen LogP contribution in [0.3, 0.4) is 0 Å². The fourth-order valence-electron chi connectivity index (χ4n) is 2.35. The normalized spacial score (nSPS) is 20.4. The van der Waals surface area contributed by atoms with E-state index in [1.54, 1.807) is 25.1 Å². The van der Waals surface area contributed by atoms with Crippen LogP contribution in [0.25, 0.3) is 0 Å². The first kappa shape index (κ1) is 14.5. The molecule has 2 atom stereocenters. The maximum atomic E-state index is 11.9. The number of carbonyl (C=O) groups is 2. The smallest absolute Gasteiger partial charge is 0.232 e. The van der Waals surface area contributed by atoms with E-state index >= 15 is 0 Å². The summed E-state index contributed by atoms with van der Waals surface area (Å²) in [6.45, 7) is 4.05. The van der Waals surface area contributed by atoms with Crippen LogP contribution in [0.1, 0.15) is 31.9 Å². The quantitative estimate of drug-likeness (QED) is 0.829. The molecule has 0 spiro atoms. The number of benzene rings is 1. The van der Waals surface area contributed by atoms with Gasteiger partial charge in [0.1, 0.15) is 11.9 Å². The number of rotatable bonds is 5. The molecule has 2 amide bonds. The predicted octanol–water partition coefficient (Wildman–Crippen LogP) is 1.51. The second-order valence-electron chi connectivity index (χ2n) is 4.93. The summed E-state index contributed by atoms with van der Waals surface area (Å²) in [6.07, 6.45) is -0.713. The molecule has 1 heterocycles. The van der Waals surface area contributed by atoms with Crippen LogP contribution in [0.2, 0.25) is 0 Å². The van der Waals surface area contributed by atoms with Gasteiger partial charge in [0.25, 0.3) is 0 Å². The molecule has 1 aromatic rings. The van der Waals surface area contributed by atoms with Gasteiger partial charge in [-0.3, -0.25) is 14.5 Å². The highest BCUT2D eigenvalue weighted by Gasteiger charge is 2.36. The van der Waals surface area contributed by atoms with E-state index in [2.05, 4.69) is 0 Å². The molecule has 5 nitrogen and oxygen atoms in total. The van der Waals surface area contributed by atoms with Crippen molar-refractivity contribution in [2.24, 2.45) is 5.92 Å². The molecule has 1 fully saturated rings. The highest BCUT2D eigenvalue weighted by Crippen LogP contribution is 2.28. The summed E-state index contributed by atoms with van der Waals surface area (Å²) in [6, 6.07) is 7.11. The van der Waals surface area contributed by atoms with Gasteiger partial charge in [0.05, 0.1) is 13.2 Å². The van der Waals surface area contributed by atoms with Crippen LogP contribution in [0.15, 0.2) is 24.3 Å². The minimum absolute atomic E-state index is 0.0217. The van der Waals surface area contributed by atoms with Crippen LogP contribution in [0.4, 0.5) is 0 Å². The van der Waals surface area contributed by atoms with Gasteiger partial charge in [-0.05, 0) is 13.0 Å². The largest absolute Gasteiger partial charge is 0.493 e. The number of imide groups is 1. The number of para-hydroxylation sites is 1. The number of β-amino-alcohol motifs (C(OH)–C–C–N with tert-alkyl or cyclic N) is 1. The van der Waals surface area contributed by atoms with Crippen molar-refractivity contribution in [2.45, 2.75) is 26.4 Å². The third kappa shape index (κ3) is 2.82. The van der Waals surface area contributed by atoms with Gasteiger partial charge in [-0.15, -0.1) is 0 Å². The van der Waals surface area contributed by atoms with Crippen LogP contribution in [0, 0.1) is 5.92 Å². The number of ether oxygens (including phenoxy) is 1. The number of aliphatic hydroxyl groups excluding tert-OH is 1. The first-order chi connectivity index (χ1) is 9.54. The highest BCUT2D eigenvalue weighted by molar-refractivity contribution is 6.03. The van der Waals surface area contributed by atoms with E-state index in [-0.39, 0.29) is 30.7 Å². The van der Waals surface area contributed by atoms with Gasteiger partial charge in [0, 0.05) is 17.9 Å². The Morgan fingerprint density at radius 3 is 2.70 bits per heavy atom. The highest BCUT2D eigenvalue weighted by atomic mass is 16.5. The minimum atomic E-state index is -0.934. The molecular formula is C15H19NO4. The minimum Gasteiger partial charge on any atom is -0.493 e. The number of amides is 2. The van der Waals surface area contributed by atoms with Crippen molar-refractivity contribution in [3.8, 4) is 5.75 Å². The number of hydrogen-bond donors (Lipinski definition) is 1. The molecule has 0 radical (unpaired) electrons. The molecule has 108 valence electrons. The molecule has 1 aliphatic rings. The van der Waals surface area contributed by atoms with Gasteiger partial charge in [-0.1, -0.05) is 25.1 Å². The third-order valence-corrected chi connectivity index (χ3v) is 3.40. The molecule has 0 saturated carbocycles. The van der Waals surface area contributed by atoms with Crippen LogP contribution in [-0.4, -0.2) is 35.0 Å². The molecule has 0 bridgehead atoms. The topological polar surface area (TPSA) is 66.8 Å². The molecule has 0 aromatic heterocycles. The fraction of sp³-hybridized carbons (Fsp3) is 0.467. The standard InChI is InChI=1S/C15H19NO4/c1-3-20-13-7-5-4-6-11(13)12(17)9-16-14(18)8-10(2)15(16)19/h4-7,10,12,17H,3,8-9H2,1-2H3. The number of hydrogen-bond acceptors (Lipinski definition) is 4. The Balaban J connectivity index is 2.14. The van der Waals surface area contributed by atoms with Gasteiger partial charge >= 0.3 is 0 Å². The van der Waals surface area contributed by atoms with Gasteiger partial charge in [-0.25, -0.2) is 0 Å². The molecule has 1 aliphatic heterocycles. The second-order valence-corrected chi connectivity index (χ2v) is 4.93. The van der Waals surface area contributed by atoms with E-state index in [0.717, 1.165) is 4.90 Å². The fourth-order valence-corrected chi connectivity index (χ4v) is 2.35. The van der Waals surface area contributed by atoms with Crippen LogP contribution in [-0.2, 0) is 9.59 Å². The van der Waals surface area contributed by atoms with E-state index in [4.69, 9.17) is 4.74 Å². The number of likely N-dealkylation sites (tertiary alicyclic amines) is 1. The Labute approximate surface area is 118 Å². The lowest BCUT2D eigenvalue weighted by Gasteiger charge is -2.21. The Morgan fingerprint density at radius 2 is 2.10 bits per heavy atom. The van der Waals surface area contributed by atoms with Gasteiger partial charge < -0.3 is 9.84 Å². The molecular weight excluding hydrogens is 258 g/mol. The zero-order valence-electron chi connectivity index (χ0n) is 11.7.